The van der Waals surface area contributed by atoms with Crippen LogP contribution in [-0.4, -0.2) is 37.9 Å². The topological polar surface area (TPSA) is 54.9 Å². The fourth-order valence-electron chi connectivity index (χ4n) is 3.92. The van der Waals surface area contributed by atoms with Crippen LogP contribution in [0.3, 0.4) is 0 Å². The number of aliphatic imine (C=N–C) groups is 1. The maximum Gasteiger partial charge on any atom is 0.191 e. The van der Waals surface area contributed by atoms with Crippen LogP contribution in [0.5, 0.6) is 5.75 Å². The molecule has 5 nitrogen and oxygen atoms in total. The van der Waals surface area contributed by atoms with E-state index in [4.69, 9.17) is 9.47 Å². The molecule has 26 heavy (non-hydrogen) atoms. The molecule has 0 aromatic heterocycles. The Morgan fingerprint density at radius 3 is 2.77 bits per heavy atom. The molecule has 1 aromatic carbocycles. The Hall–Kier alpha value is -1.02. The number of ether oxygens (including phenoxy) is 2. The second kappa shape index (κ2) is 10.3. The van der Waals surface area contributed by atoms with Crippen LogP contribution in [-0.2, 0) is 4.74 Å². The zero-order valence-electron chi connectivity index (χ0n) is 15.9. The molecule has 1 unspecified atom stereocenters. The normalized spacial score (nSPS) is 20.8. The van der Waals surface area contributed by atoms with Crippen molar-refractivity contribution in [1.29, 1.82) is 0 Å². The van der Waals surface area contributed by atoms with Crippen molar-refractivity contribution < 1.29 is 9.47 Å². The minimum atomic E-state index is -0.00529. The highest BCUT2D eigenvalue weighted by molar-refractivity contribution is 14.0. The summed E-state index contributed by atoms with van der Waals surface area (Å²) in [5.74, 6) is 1.88. The Kier molecular flexibility index (Phi) is 8.47. The van der Waals surface area contributed by atoms with Gasteiger partial charge in [0.25, 0.3) is 0 Å². The van der Waals surface area contributed by atoms with Gasteiger partial charge in [0, 0.05) is 25.1 Å². The number of hydrogen-bond acceptors (Lipinski definition) is 3. The lowest BCUT2D eigenvalue weighted by atomic mass is 9.86. The van der Waals surface area contributed by atoms with Gasteiger partial charge in [0.1, 0.15) is 11.4 Å². The summed E-state index contributed by atoms with van der Waals surface area (Å²) in [6.07, 6.45) is 5.82. The van der Waals surface area contributed by atoms with Crippen LogP contribution in [0.15, 0.2) is 29.3 Å². The third-order valence-corrected chi connectivity index (χ3v) is 5.08. The van der Waals surface area contributed by atoms with Crippen molar-refractivity contribution in [1.82, 2.24) is 10.6 Å². The van der Waals surface area contributed by atoms with E-state index in [1.807, 2.05) is 6.92 Å². The average Bonchev–Trinajstić information content (AvgIpc) is 3.06. The molecule has 1 spiro atoms. The maximum atomic E-state index is 6.44. The average molecular weight is 473 g/mol. The number of nitrogens with zero attached hydrogens (tertiary/aromatic N) is 1. The molecule has 3 rings (SSSR count). The van der Waals surface area contributed by atoms with Gasteiger partial charge >= 0.3 is 0 Å². The fourth-order valence-corrected chi connectivity index (χ4v) is 3.92. The minimum absolute atomic E-state index is 0. The molecule has 2 N–H and O–H groups in total. The van der Waals surface area contributed by atoms with Gasteiger partial charge < -0.3 is 20.1 Å². The Bertz CT molecular complexity index is 588. The van der Waals surface area contributed by atoms with Crippen LogP contribution in [0.4, 0.5) is 0 Å². The maximum absolute atomic E-state index is 6.44. The van der Waals surface area contributed by atoms with E-state index in [9.17, 15) is 0 Å². The number of benzene rings is 1. The van der Waals surface area contributed by atoms with Crippen molar-refractivity contribution in [2.45, 2.75) is 57.6 Å². The fraction of sp³-hybridized carbons (Fsp3) is 0.650. The molecule has 1 atom stereocenters. The Morgan fingerprint density at radius 2 is 2.04 bits per heavy atom. The van der Waals surface area contributed by atoms with Gasteiger partial charge in [-0.3, -0.25) is 4.99 Å². The molecule has 1 aliphatic carbocycles. The van der Waals surface area contributed by atoms with Gasteiger partial charge in [-0.2, -0.15) is 0 Å². The molecule has 1 fully saturated rings. The molecule has 1 heterocycles. The lowest BCUT2D eigenvalue weighted by molar-refractivity contribution is 0.0396. The largest absolute Gasteiger partial charge is 0.487 e. The van der Waals surface area contributed by atoms with Crippen molar-refractivity contribution in [3.8, 4) is 5.75 Å². The quantitative estimate of drug-likeness (QED) is 0.284. The van der Waals surface area contributed by atoms with Crippen molar-refractivity contribution in [2.24, 2.45) is 4.99 Å². The molecule has 0 amide bonds. The summed E-state index contributed by atoms with van der Waals surface area (Å²) in [4.78, 5) is 4.66. The van der Waals surface area contributed by atoms with E-state index in [-0.39, 0.29) is 35.6 Å². The predicted octanol–water partition coefficient (Wildman–Crippen LogP) is 4.03. The molecule has 0 radical (unpaired) electrons. The number of guanidine groups is 1. The zero-order chi connectivity index (χ0) is 17.5. The highest BCUT2D eigenvalue weighted by Crippen LogP contribution is 2.46. The Morgan fingerprint density at radius 1 is 1.27 bits per heavy atom. The van der Waals surface area contributed by atoms with E-state index in [0.29, 0.717) is 13.2 Å². The van der Waals surface area contributed by atoms with E-state index in [1.165, 1.54) is 18.4 Å². The van der Waals surface area contributed by atoms with E-state index in [1.54, 1.807) is 0 Å². The summed E-state index contributed by atoms with van der Waals surface area (Å²) >= 11 is 0. The van der Waals surface area contributed by atoms with E-state index >= 15 is 0 Å². The van der Waals surface area contributed by atoms with E-state index in [0.717, 1.165) is 44.1 Å². The van der Waals surface area contributed by atoms with Gasteiger partial charge in [0.2, 0.25) is 0 Å². The van der Waals surface area contributed by atoms with Gasteiger partial charge in [-0.25, -0.2) is 0 Å². The van der Waals surface area contributed by atoms with Gasteiger partial charge in [-0.15, -0.1) is 24.0 Å². The van der Waals surface area contributed by atoms with Crippen molar-refractivity contribution in [3.05, 3.63) is 29.8 Å². The van der Waals surface area contributed by atoms with Gasteiger partial charge in [0.05, 0.1) is 19.2 Å². The molecule has 0 saturated heterocycles. The Labute approximate surface area is 174 Å². The summed E-state index contributed by atoms with van der Waals surface area (Å²) < 4.78 is 11.8. The van der Waals surface area contributed by atoms with Gasteiger partial charge in [-0.1, -0.05) is 18.2 Å². The summed E-state index contributed by atoms with van der Waals surface area (Å²) in [5, 5.41) is 7.00. The lowest BCUT2D eigenvalue weighted by Gasteiger charge is -2.40. The van der Waals surface area contributed by atoms with Crippen LogP contribution < -0.4 is 15.4 Å². The molecule has 1 saturated carbocycles. The summed E-state index contributed by atoms with van der Waals surface area (Å²) in [6, 6.07) is 8.64. The standard InChI is InChI=1S/C20H31N3O2.HI/c1-3-21-19(22-13-14-24-4-2)23-17-15-20(11-7-8-12-20)25-18-10-6-5-9-16(17)18;/h5-6,9-10,17H,3-4,7-8,11-15H2,1-2H3,(H2,21,22,23);1H. The number of rotatable bonds is 6. The predicted molar refractivity (Wildman–Crippen MR) is 117 cm³/mol. The zero-order valence-corrected chi connectivity index (χ0v) is 18.3. The third-order valence-electron chi connectivity index (χ3n) is 5.08. The van der Waals surface area contributed by atoms with Crippen LogP contribution in [0.25, 0.3) is 0 Å². The first-order valence-electron chi connectivity index (χ1n) is 9.67. The molecule has 1 aromatic rings. The Balaban J connectivity index is 0.00000243. The molecular weight excluding hydrogens is 441 g/mol. The molecule has 0 bridgehead atoms. The third kappa shape index (κ3) is 5.25. The molecular formula is C20H32IN3O2. The minimum Gasteiger partial charge on any atom is -0.487 e. The molecule has 2 aliphatic rings. The number of hydrogen-bond donors (Lipinski definition) is 2. The van der Waals surface area contributed by atoms with Crippen LogP contribution >= 0.6 is 24.0 Å². The van der Waals surface area contributed by atoms with E-state index in [2.05, 4.69) is 46.8 Å². The van der Waals surface area contributed by atoms with Crippen LogP contribution in [0.1, 0.15) is 57.6 Å². The lowest BCUT2D eigenvalue weighted by Crippen LogP contribution is -2.46. The van der Waals surface area contributed by atoms with Crippen molar-refractivity contribution in [3.63, 3.8) is 0 Å². The van der Waals surface area contributed by atoms with Crippen LogP contribution in [0, 0.1) is 0 Å². The first-order valence-corrected chi connectivity index (χ1v) is 9.67. The van der Waals surface area contributed by atoms with Crippen molar-refractivity contribution in [2.75, 3.05) is 26.3 Å². The van der Waals surface area contributed by atoms with Gasteiger partial charge in [-0.05, 0) is 45.6 Å². The van der Waals surface area contributed by atoms with E-state index < -0.39 is 0 Å². The number of halogens is 1. The number of nitrogens with one attached hydrogen (secondary N) is 2. The first-order chi connectivity index (χ1) is 12.3. The second-order valence-electron chi connectivity index (χ2n) is 6.89. The van der Waals surface area contributed by atoms with Crippen LogP contribution in [0.2, 0.25) is 0 Å². The number of fused-ring (bicyclic) bond motifs is 1. The summed E-state index contributed by atoms with van der Waals surface area (Å²) in [5.41, 5.74) is 1.23. The van der Waals surface area contributed by atoms with Gasteiger partial charge in [0.15, 0.2) is 5.96 Å². The smallest absolute Gasteiger partial charge is 0.191 e. The highest BCUT2D eigenvalue weighted by Gasteiger charge is 2.43. The second-order valence-corrected chi connectivity index (χ2v) is 6.89. The number of para-hydroxylation sites is 1. The van der Waals surface area contributed by atoms with Crippen molar-refractivity contribution >= 4 is 29.9 Å². The summed E-state index contributed by atoms with van der Waals surface area (Å²) in [7, 11) is 0. The molecule has 146 valence electrons. The SMILES string of the molecule is CCNC(=NCCOCC)NC1CC2(CCCC2)Oc2ccccc21.I. The molecule has 6 heteroatoms. The monoisotopic (exact) mass is 473 g/mol. The molecule has 1 aliphatic heterocycles. The first kappa shape index (κ1) is 21.3. The highest BCUT2D eigenvalue weighted by atomic mass is 127. The summed E-state index contributed by atoms with van der Waals surface area (Å²) in [6.45, 7) is 7.00.